The zero-order valence-electron chi connectivity index (χ0n) is 21.2. The summed E-state index contributed by atoms with van der Waals surface area (Å²) in [6, 6.07) is -1.82. The predicted molar refractivity (Wildman–Crippen MR) is 130 cm³/mol. The van der Waals surface area contributed by atoms with Gasteiger partial charge in [0.2, 0.25) is 35.4 Å². The van der Waals surface area contributed by atoms with Gasteiger partial charge in [0, 0.05) is 13.1 Å². The van der Waals surface area contributed by atoms with Crippen LogP contribution in [0, 0.1) is 0 Å². The van der Waals surface area contributed by atoms with Gasteiger partial charge in [-0.15, -0.1) is 0 Å². The first-order valence-corrected chi connectivity index (χ1v) is 11.8. The molecule has 15 nitrogen and oxygen atoms in total. The number of nitrogens with one attached hydrogen (secondary N) is 7. The van der Waals surface area contributed by atoms with Crippen LogP contribution in [0.15, 0.2) is 0 Å². The molecule has 0 bridgehead atoms. The number of nitrogens with two attached hydrogens (primary N) is 1. The predicted octanol–water partition coefficient (Wildman–Crippen LogP) is -4.56. The van der Waals surface area contributed by atoms with Crippen molar-refractivity contribution in [1.82, 2.24) is 37.2 Å². The van der Waals surface area contributed by atoms with E-state index in [4.69, 9.17) is 10.5 Å². The lowest BCUT2D eigenvalue weighted by atomic mass is 10.2. The zero-order valence-corrected chi connectivity index (χ0v) is 21.2. The third-order valence-corrected chi connectivity index (χ3v) is 4.66. The fraction of sp³-hybridized carbons (Fsp3) is 0.714. The number of hydrogen-bond donors (Lipinski definition) is 8. The molecule has 6 amide bonds. The van der Waals surface area contributed by atoms with Crippen LogP contribution in [-0.4, -0.2) is 107 Å². The highest BCUT2D eigenvalue weighted by Crippen LogP contribution is 1.93. The third-order valence-electron chi connectivity index (χ3n) is 4.66. The van der Waals surface area contributed by atoms with E-state index in [1.807, 2.05) is 0 Å². The maximum Gasteiger partial charge on any atom is 0.243 e. The maximum atomic E-state index is 12.3. The van der Waals surface area contributed by atoms with Crippen LogP contribution in [0.5, 0.6) is 0 Å². The highest BCUT2D eigenvalue weighted by molar-refractivity contribution is 5.94. The van der Waals surface area contributed by atoms with Crippen LogP contribution >= 0.6 is 0 Å². The largest absolute Gasteiger partial charge is 0.378 e. The van der Waals surface area contributed by atoms with Gasteiger partial charge in [-0.1, -0.05) is 13.8 Å². The van der Waals surface area contributed by atoms with Gasteiger partial charge in [-0.05, 0) is 19.9 Å². The van der Waals surface area contributed by atoms with Gasteiger partial charge in [-0.25, -0.2) is 0 Å². The molecule has 36 heavy (non-hydrogen) atoms. The molecule has 0 aromatic carbocycles. The second-order valence-corrected chi connectivity index (χ2v) is 7.54. The molecule has 0 spiro atoms. The molecule has 0 aromatic heterocycles. The van der Waals surface area contributed by atoms with Crippen LogP contribution in [0.2, 0.25) is 0 Å². The number of carbonyl (C=O) groups is 6. The van der Waals surface area contributed by atoms with Crippen molar-refractivity contribution in [3.05, 3.63) is 0 Å². The highest BCUT2D eigenvalue weighted by Gasteiger charge is 2.22. The SMILES string of the molecule is CC[C@H](NC(=O)CNC(=O)CN)C(=O)NCC(=O)N[C@@H](CC)C(=O)NCC(=O)NCCOCCNC. The van der Waals surface area contributed by atoms with Gasteiger partial charge in [-0.3, -0.25) is 28.8 Å². The Bertz CT molecular complexity index is 735. The second kappa shape index (κ2) is 19.9. The van der Waals surface area contributed by atoms with Crippen molar-refractivity contribution >= 4 is 35.4 Å². The monoisotopic (exact) mass is 516 g/mol. The molecule has 0 radical (unpaired) electrons. The Hall–Kier alpha value is -3.30. The summed E-state index contributed by atoms with van der Waals surface area (Å²) in [5, 5.41) is 17.6. The number of likely N-dealkylation sites (N-methyl/N-ethyl adjacent to an activating group) is 1. The van der Waals surface area contributed by atoms with Gasteiger partial charge < -0.3 is 47.7 Å². The van der Waals surface area contributed by atoms with Gasteiger partial charge in [0.05, 0.1) is 39.4 Å². The van der Waals surface area contributed by atoms with Crippen LogP contribution in [0.1, 0.15) is 26.7 Å². The molecule has 15 heteroatoms. The Morgan fingerprint density at radius 3 is 1.61 bits per heavy atom. The van der Waals surface area contributed by atoms with Crippen molar-refractivity contribution in [1.29, 1.82) is 0 Å². The maximum absolute atomic E-state index is 12.3. The van der Waals surface area contributed by atoms with Crippen LogP contribution < -0.4 is 43.0 Å². The first-order chi connectivity index (χ1) is 17.2. The summed E-state index contributed by atoms with van der Waals surface area (Å²) in [7, 11) is 1.80. The third kappa shape index (κ3) is 15.6. The van der Waals surface area contributed by atoms with Crippen molar-refractivity contribution in [2.24, 2.45) is 5.73 Å². The lowest BCUT2D eigenvalue weighted by Crippen LogP contribution is -2.53. The molecule has 0 unspecified atom stereocenters. The van der Waals surface area contributed by atoms with Gasteiger partial charge in [-0.2, -0.15) is 0 Å². The molecule has 0 saturated heterocycles. The lowest BCUT2D eigenvalue weighted by molar-refractivity contribution is -0.132. The molecule has 0 heterocycles. The first-order valence-electron chi connectivity index (χ1n) is 11.8. The van der Waals surface area contributed by atoms with Crippen LogP contribution in [0.3, 0.4) is 0 Å². The van der Waals surface area contributed by atoms with Crippen molar-refractivity contribution in [3.8, 4) is 0 Å². The summed E-state index contributed by atoms with van der Waals surface area (Å²) >= 11 is 0. The summed E-state index contributed by atoms with van der Waals surface area (Å²) < 4.78 is 5.27. The van der Waals surface area contributed by atoms with Crippen molar-refractivity contribution in [2.75, 3.05) is 59.5 Å². The van der Waals surface area contributed by atoms with Crippen LogP contribution in [0.4, 0.5) is 0 Å². The number of rotatable bonds is 19. The van der Waals surface area contributed by atoms with Crippen molar-refractivity contribution in [2.45, 2.75) is 38.8 Å². The molecular formula is C21H40N8O7. The highest BCUT2D eigenvalue weighted by atomic mass is 16.5. The van der Waals surface area contributed by atoms with Gasteiger partial charge in [0.15, 0.2) is 0 Å². The molecule has 9 N–H and O–H groups in total. The van der Waals surface area contributed by atoms with E-state index in [1.165, 1.54) is 0 Å². The fourth-order valence-corrected chi connectivity index (χ4v) is 2.63. The Balaban J connectivity index is 4.36. The molecular weight excluding hydrogens is 476 g/mol. The average Bonchev–Trinajstić information content (AvgIpc) is 2.87. The summed E-state index contributed by atoms with van der Waals surface area (Å²) in [4.78, 5) is 71.6. The molecule has 0 saturated carbocycles. The Morgan fingerprint density at radius 1 is 0.667 bits per heavy atom. The van der Waals surface area contributed by atoms with Gasteiger partial charge in [0.1, 0.15) is 12.1 Å². The normalized spacial score (nSPS) is 12.0. The summed E-state index contributed by atoms with van der Waals surface area (Å²) in [5.74, 6) is -3.27. The van der Waals surface area contributed by atoms with Crippen LogP contribution in [-0.2, 0) is 33.5 Å². The molecule has 206 valence electrons. The Labute approximate surface area is 210 Å². The molecule has 0 aromatic rings. The van der Waals surface area contributed by atoms with E-state index >= 15 is 0 Å². The fourth-order valence-electron chi connectivity index (χ4n) is 2.63. The second-order valence-electron chi connectivity index (χ2n) is 7.54. The zero-order chi connectivity index (χ0) is 27.3. The molecule has 0 rings (SSSR count). The smallest absolute Gasteiger partial charge is 0.243 e. The lowest BCUT2D eigenvalue weighted by Gasteiger charge is -2.19. The number of carbonyl (C=O) groups excluding carboxylic acids is 6. The number of amides is 6. The van der Waals surface area contributed by atoms with Gasteiger partial charge >= 0.3 is 0 Å². The van der Waals surface area contributed by atoms with E-state index in [-0.39, 0.29) is 32.5 Å². The minimum atomic E-state index is -0.919. The minimum absolute atomic E-state index is 0.244. The number of hydrogen-bond acceptors (Lipinski definition) is 9. The van der Waals surface area contributed by atoms with Crippen LogP contribution in [0.25, 0.3) is 0 Å². The minimum Gasteiger partial charge on any atom is -0.378 e. The Morgan fingerprint density at radius 2 is 1.14 bits per heavy atom. The molecule has 0 aliphatic rings. The van der Waals surface area contributed by atoms with E-state index < -0.39 is 54.1 Å². The standard InChI is InChI=1S/C21H40N8O7/c1-4-14(20(34)26-11-17(31)24-7-9-36-8-6-23-3)29-19(33)13-27-21(35)15(5-2)28-18(32)12-25-16(30)10-22/h14-15,23H,4-13,22H2,1-3H3,(H,24,31)(H,25,30)(H,26,34)(H,27,35)(H,28,32)(H,29,33)/t14-,15-/m0/s1. The van der Waals surface area contributed by atoms with Gasteiger partial charge in [0.25, 0.3) is 0 Å². The van der Waals surface area contributed by atoms with E-state index in [9.17, 15) is 28.8 Å². The number of ether oxygens (including phenoxy) is 1. The van der Waals surface area contributed by atoms with Crippen molar-refractivity contribution in [3.63, 3.8) is 0 Å². The Kier molecular flexibility index (Phi) is 18.1. The van der Waals surface area contributed by atoms with E-state index in [0.29, 0.717) is 26.3 Å². The summed E-state index contributed by atoms with van der Waals surface area (Å²) in [5.41, 5.74) is 5.14. The average molecular weight is 517 g/mol. The molecule has 0 fully saturated rings. The van der Waals surface area contributed by atoms with E-state index in [1.54, 1.807) is 20.9 Å². The first kappa shape index (κ1) is 32.7. The summed E-state index contributed by atoms with van der Waals surface area (Å²) in [6.45, 7) is 3.91. The quantitative estimate of drug-likeness (QED) is 0.0773. The molecule has 0 aliphatic heterocycles. The summed E-state index contributed by atoms with van der Waals surface area (Å²) in [6.07, 6.45) is 0.503. The van der Waals surface area contributed by atoms with Crippen molar-refractivity contribution < 1.29 is 33.5 Å². The van der Waals surface area contributed by atoms with E-state index in [0.717, 1.165) is 0 Å². The molecule has 2 atom stereocenters. The van der Waals surface area contributed by atoms with E-state index in [2.05, 4.69) is 37.2 Å². The topological polar surface area (TPSA) is 222 Å². The molecule has 0 aliphatic carbocycles.